The summed E-state index contributed by atoms with van der Waals surface area (Å²) in [7, 11) is -0.864. The number of nitrogens with zero attached hydrogens (tertiary/aromatic N) is 2. The van der Waals surface area contributed by atoms with Crippen LogP contribution in [0, 0.1) is 0 Å². The standard InChI is InChI=1S/C23H31N3O5S/c1-4-21(22(28)25(2)23(24)11-5-12-26(23)13-6-14-27)32(29,30)20-10-8-17-7-9-19(31-3)15-18(17)16-20/h7-10,14-16,21H,4-6,11-13,24H2,1-3H3. The van der Waals surface area contributed by atoms with Crippen LogP contribution in [-0.2, 0) is 19.4 Å². The van der Waals surface area contributed by atoms with Gasteiger partial charge in [0, 0.05) is 26.6 Å². The van der Waals surface area contributed by atoms with Crippen molar-refractivity contribution >= 4 is 32.8 Å². The highest BCUT2D eigenvalue weighted by atomic mass is 32.2. The predicted molar refractivity (Wildman–Crippen MR) is 123 cm³/mol. The van der Waals surface area contributed by atoms with Gasteiger partial charge in [0.15, 0.2) is 9.84 Å². The Morgan fingerprint density at radius 2 is 2.00 bits per heavy atom. The average molecular weight is 462 g/mol. The van der Waals surface area contributed by atoms with Crippen molar-refractivity contribution < 1.29 is 22.7 Å². The number of carbonyl (C=O) groups excluding carboxylic acids is 2. The summed E-state index contributed by atoms with van der Waals surface area (Å²) in [6.45, 7) is 2.76. The Hall–Kier alpha value is -2.49. The molecule has 2 aromatic rings. The fraction of sp³-hybridized carbons (Fsp3) is 0.478. The van der Waals surface area contributed by atoms with Gasteiger partial charge in [-0.1, -0.05) is 19.1 Å². The largest absolute Gasteiger partial charge is 0.497 e. The minimum absolute atomic E-state index is 0.0853. The third-order valence-electron chi connectivity index (χ3n) is 6.32. The van der Waals surface area contributed by atoms with Crippen molar-refractivity contribution in [2.24, 2.45) is 5.73 Å². The number of nitrogens with two attached hydrogens (primary N) is 1. The molecule has 1 aliphatic rings. The molecule has 2 atom stereocenters. The van der Waals surface area contributed by atoms with Gasteiger partial charge in [-0.3, -0.25) is 15.4 Å². The number of fused-ring (bicyclic) bond motifs is 1. The van der Waals surface area contributed by atoms with Crippen molar-refractivity contribution in [2.45, 2.75) is 48.5 Å². The maximum absolute atomic E-state index is 13.5. The van der Waals surface area contributed by atoms with Gasteiger partial charge in [0.2, 0.25) is 5.91 Å². The first-order valence-electron chi connectivity index (χ1n) is 10.8. The zero-order valence-corrected chi connectivity index (χ0v) is 19.6. The lowest BCUT2D eigenvalue weighted by Crippen LogP contribution is -2.66. The molecule has 32 heavy (non-hydrogen) atoms. The van der Waals surface area contributed by atoms with Crippen LogP contribution in [0.1, 0.15) is 32.6 Å². The van der Waals surface area contributed by atoms with Gasteiger partial charge in [0.1, 0.15) is 23.1 Å². The molecule has 2 unspecified atom stereocenters. The third kappa shape index (κ3) is 4.37. The number of likely N-dealkylation sites (tertiary alicyclic amines) is 1. The van der Waals surface area contributed by atoms with Gasteiger partial charge in [0.05, 0.1) is 12.0 Å². The second-order valence-electron chi connectivity index (χ2n) is 8.14. The highest BCUT2D eigenvalue weighted by molar-refractivity contribution is 7.92. The predicted octanol–water partition coefficient (Wildman–Crippen LogP) is 2.16. The summed E-state index contributed by atoms with van der Waals surface area (Å²) in [5.41, 5.74) is 6.58. The summed E-state index contributed by atoms with van der Waals surface area (Å²) >= 11 is 0. The average Bonchev–Trinajstić information content (AvgIpc) is 3.17. The summed E-state index contributed by atoms with van der Waals surface area (Å²) in [6, 6.07) is 10.3. The van der Waals surface area contributed by atoms with E-state index in [-0.39, 0.29) is 11.3 Å². The highest BCUT2D eigenvalue weighted by Gasteiger charge is 2.46. The van der Waals surface area contributed by atoms with E-state index in [1.165, 1.54) is 11.0 Å². The molecule has 0 bridgehead atoms. The van der Waals surface area contributed by atoms with Crippen LogP contribution in [0.4, 0.5) is 0 Å². The summed E-state index contributed by atoms with van der Waals surface area (Å²) in [5, 5.41) is 0.329. The Kier molecular flexibility index (Phi) is 7.22. The Labute approximate surface area is 189 Å². The molecular formula is C23H31N3O5S. The van der Waals surface area contributed by atoms with E-state index in [1.54, 1.807) is 39.3 Å². The molecule has 2 aromatic carbocycles. The lowest BCUT2D eigenvalue weighted by atomic mass is 10.1. The van der Waals surface area contributed by atoms with Gasteiger partial charge in [-0.2, -0.15) is 0 Å². The van der Waals surface area contributed by atoms with Gasteiger partial charge < -0.3 is 14.4 Å². The van der Waals surface area contributed by atoms with E-state index in [2.05, 4.69) is 0 Å². The molecule has 1 amide bonds. The number of benzene rings is 2. The van der Waals surface area contributed by atoms with Crippen LogP contribution in [0.25, 0.3) is 10.8 Å². The first kappa shape index (κ1) is 24.2. The molecule has 174 valence electrons. The molecule has 0 radical (unpaired) electrons. The maximum atomic E-state index is 13.5. The van der Waals surface area contributed by atoms with Crippen molar-refractivity contribution in [3.8, 4) is 5.75 Å². The fourth-order valence-electron chi connectivity index (χ4n) is 4.38. The van der Waals surface area contributed by atoms with Crippen LogP contribution in [0.5, 0.6) is 5.75 Å². The molecule has 1 saturated heterocycles. The van der Waals surface area contributed by atoms with Crippen LogP contribution in [-0.4, -0.2) is 68.7 Å². The van der Waals surface area contributed by atoms with Gasteiger partial charge in [-0.05, 0) is 54.3 Å². The van der Waals surface area contributed by atoms with E-state index in [0.29, 0.717) is 37.1 Å². The number of sulfone groups is 1. The van der Waals surface area contributed by atoms with Crippen molar-refractivity contribution in [3.05, 3.63) is 36.4 Å². The summed E-state index contributed by atoms with van der Waals surface area (Å²) in [4.78, 5) is 27.5. The molecule has 2 N–H and O–H groups in total. The zero-order valence-electron chi connectivity index (χ0n) is 18.8. The lowest BCUT2D eigenvalue weighted by Gasteiger charge is -2.43. The van der Waals surface area contributed by atoms with E-state index in [9.17, 15) is 18.0 Å². The molecule has 0 spiro atoms. The fourth-order valence-corrected chi connectivity index (χ4v) is 6.12. The first-order chi connectivity index (χ1) is 15.2. The number of hydrogen-bond donors (Lipinski definition) is 1. The Morgan fingerprint density at radius 1 is 1.28 bits per heavy atom. The Morgan fingerprint density at radius 3 is 2.66 bits per heavy atom. The molecule has 3 rings (SSSR count). The minimum Gasteiger partial charge on any atom is -0.497 e. The van der Waals surface area contributed by atoms with Crippen molar-refractivity contribution in [2.75, 3.05) is 27.2 Å². The molecule has 0 aliphatic carbocycles. The SMILES string of the molecule is CCC(C(=O)N(C)C1(N)CCCN1CCC=O)S(=O)(=O)c1ccc2ccc(OC)cc2c1. The van der Waals surface area contributed by atoms with Crippen molar-refractivity contribution in [1.29, 1.82) is 0 Å². The first-order valence-corrected chi connectivity index (χ1v) is 12.3. The summed E-state index contributed by atoms with van der Waals surface area (Å²) < 4.78 is 32.2. The number of hydrogen-bond acceptors (Lipinski definition) is 7. The van der Waals surface area contributed by atoms with E-state index < -0.39 is 26.8 Å². The van der Waals surface area contributed by atoms with Crippen molar-refractivity contribution in [3.63, 3.8) is 0 Å². The topological polar surface area (TPSA) is 110 Å². The molecule has 1 heterocycles. The quantitative estimate of drug-likeness (QED) is 0.450. The lowest BCUT2D eigenvalue weighted by molar-refractivity contribution is -0.141. The summed E-state index contributed by atoms with van der Waals surface area (Å²) in [5.74, 6) is -1.03. The van der Waals surface area contributed by atoms with Crippen LogP contribution in [0.2, 0.25) is 0 Å². The molecule has 8 nitrogen and oxygen atoms in total. The molecule has 0 saturated carbocycles. The van der Waals surface area contributed by atoms with E-state index >= 15 is 0 Å². The normalized spacial score (nSPS) is 20.2. The number of rotatable bonds is 9. The van der Waals surface area contributed by atoms with Crippen LogP contribution >= 0.6 is 0 Å². The zero-order chi connectivity index (χ0) is 23.5. The second kappa shape index (κ2) is 9.56. The van der Waals surface area contributed by atoms with Crippen LogP contribution in [0.15, 0.2) is 41.3 Å². The number of amides is 1. The monoisotopic (exact) mass is 461 g/mol. The number of methoxy groups -OCH3 is 1. The summed E-state index contributed by atoms with van der Waals surface area (Å²) in [6.07, 6.45) is 2.51. The third-order valence-corrected chi connectivity index (χ3v) is 8.51. The molecule has 1 aliphatic heterocycles. The van der Waals surface area contributed by atoms with E-state index in [1.807, 2.05) is 17.0 Å². The number of carbonyl (C=O) groups is 2. The van der Waals surface area contributed by atoms with Crippen LogP contribution in [0.3, 0.4) is 0 Å². The van der Waals surface area contributed by atoms with Gasteiger partial charge >= 0.3 is 0 Å². The molecule has 1 fully saturated rings. The molecule has 9 heteroatoms. The second-order valence-corrected chi connectivity index (χ2v) is 10.3. The number of aldehydes is 1. The van der Waals surface area contributed by atoms with Gasteiger partial charge in [0.25, 0.3) is 0 Å². The number of ether oxygens (including phenoxy) is 1. The van der Waals surface area contributed by atoms with Crippen LogP contribution < -0.4 is 10.5 Å². The Balaban J connectivity index is 1.93. The maximum Gasteiger partial charge on any atom is 0.243 e. The van der Waals surface area contributed by atoms with Gasteiger partial charge in [-0.25, -0.2) is 8.42 Å². The van der Waals surface area contributed by atoms with Crippen molar-refractivity contribution in [1.82, 2.24) is 9.80 Å². The smallest absolute Gasteiger partial charge is 0.243 e. The molecule has 0 aromatic heterocycles. The van der Waals surface area contributed by atoms with E-state index in [4.69, 9.17) is 10.5 Å². The Bertz CT molecular complexity index is 1100. The highest BCUT2D eigenvalue weighted by Crippen LogP contribution is 2.31. The minimum atomic E-state index is -3.96. The van der Waals surface area contributed by atoms with E-state index in [0.717, 1.165) is 18.1 Å². The molecular weight excluding hydrogens is 430 g/mol. The van der Waals surface area contributed by atoms with Gasteiger partial charge in [-0.15, -0.1) is 0 Å².